The first-order valence-corrected chi connectivity index (χ1v) is 6.53. The molecule has 4 nitrogen and oxygen atoms in total. The van der Waals surface area contributed by atoms with E-state index >= 15 is 0 Å². The quantitative estimate of drug-likeness (QED) is 0.853. The number of amides is 2. The molecule has 0 aromatic carbocycles. The second-order valence-electron chi connectivity index (χ2n) is 4.68. The number of hydrogen-bond donors (Lipinski definition) is 0. The summed E-state index contributed by atoms with van der Waals surface area (Å²) in [5.41, 5.74) is -0.810. The van der Waals surface area contributed by atoms with Crippen LogP contribution in [0.1, 0.15) is 25.3 Å². The molecular formula is C13H16F3N3O. The van der Waals surface area contributed by atoms with Crippen molar-refractivity contribution in [3.63, 3.8) is 0 Å². The first-order valence-electron chi connectivity index (χ1n) is 6.53. The maximum absolute atomic E-state index is 12.4. The van der Waals surface area contributed by atoms with E-state index in [9.17, 15) is 18.0 Å². The number of anilines is 1. The van der Waals surface area contributed by atoms with Crippen molar-refractivity contribution in [3.8, 4) is 0 Å². The third-order valence-electron chi connectivity index (χ3n) is 3.23. The maximum atomic E-state index is 12.4. The lowest BCUT2D eigenvalue weighted by molar-refractivity contribution is -0.137. The number of nitrogens with zero attached hydrogens (tertiary/aromatic N) is 3. The molecule has 1 aliphatic rings. The highest BCUT2D eigenvalue weighted by atomic mass is 19.4. The summed E-state index contributed by atoms with van der Waals surface area (Å²) < 4.78 is 37.3. The number of aromatic nitrogens is 1. The standard InChI is InChI=1S/C13H16F3N3O/c1-2-3-6-18-7-8-19(12(18)20)11-5-4-10(9-17-11)13(14,15)16/h4-5,9H,2-3,6-8H2,1H3. The summed E-state index contributed by atoms with van der Waals surface area (Å²) in [6.07, 6.45) is -1.74. The SMILES string of the molecule is CCCCN1CCN(c2ccc(C(F)(F)F)cn2)C1=O. The smallest absolute Gasteiger partial charge is 0.323 e. The van der Waals surface area contributed by atoms with Gasteiger partial charge < -0.3 is 4.90 Å². The Labute approximate surface area is 115 Å². The van der Waals surface area contributed by atoms with Crippen LogP contribution in [0.15, 0.2) is 18.3 Å². The van der Waals surface area contributed by atoms with E-state index in [1.807, 2.05) is 6.92 Å². The zero-order chi connectivity index (χ0) is 14.8. The van der Waals surface area contributed by atoms with Gasteiger partial charge in [0.1, 0.15) is 5.82 Å². The fraction of sp³-hybridized carbons (Fsp3) is 0.538. The lowest BCUT2D eigenvalue weighted by Crippen LogP contribution is -2.32. The van der Waals surface area contributed by atoms with Crippen molar-refractivity contribution in [1.82, 2.24) is 9.88 Å². The zero-order valence-corrected chi connectivity index (χ0v) is 11.2. The monoisotopic (exact) mass is 287 g/mol. The van der Waals surface area contributed by atoms with Gasteiger partial charge >= 0.3 is 12.2 Å². The molecule has 2 heterocycles. The Balaban J connectivity index is 2.07. The molecule has 1 saturated heterocycles. The number of rotatable bonds is 4. The molecule has 0 aliphatic carbocycles. The molecule has 0 unspecified atom stereocenters. The van der Waals surface area contributed by atoms with Crippen LogP contribution in [0, 0.1) is 0 Å². The Morgan fingerprint density at radius 2 is 2.05 bits per heavy atom. The van der Waals surface area contributed by atoms with Gasteiger partial charge in [-0.25, -0.2) is 9.78 Å². The number of carbonyl (C=O) groups excluding carboxylic acids is 1. The Morgan fingerprint density at radius 3 is 2.60 bits per heavy atom. The zero-order valence-electron chi connectivity index (χ0n) is 11.2. The molecule has 2 rings (SSSR count). The van der Waals surface area contributed by atoms with Gasteiger partial charge in [0.05, 0.1) is 5.56 Å². The Morgan fingerprint density at radius 1 is 1.30 bits per heavy atom. The fourth-order valence-corrected chi connectivity index (χ4v) is 2.07. The topological polar surface area (TPSA) is 36.4 Å². The molecule has 0 spiro atoms. The molecule has 0 atom stereocenters. The van der Waals surface area contributed by atoms with Crippen molar-refractivity contribution >= 4 is 11.8 Å². The first-order chi connectivity index (χ1) is 9.43. The molecular weight excluding hydrogens is 271 g/mol. The van der Waals surface area contributed by atoms with Crippen molar-refractivity contribution in [2.24, 2.45) is 0 Å². The average Bonchev–Trinajstić information content (AvgIpc) is 2.77. The molecule has 0 bridgehead atoms. The van der Waals surface area contributed by atoms with E-state index in [0.29, 0.717) is 19.6 Å². The number of alkyl halides is 3. The molecule has 1 aromatic rings. The van der Waals surface area contributed by atoms with Crippen LogP contribution in [-0.4, -0.2) is 35.5 Å². The van der Waals surface area contributed by atoms with Gasteiger partial charge in [0, 0.05) is 25.8 Å². The van der Waals surface area contributed by atoms with Gasteiger partial charge in [-0.15, -0.1) is 0 Å². The van der Waals surface area contributed by atoms with Crippen molar-refractivity contribution in [1.29, 1.82) is 0 Å². The van der Waals surface area contributed by atoms with Crippen molar-refractivity contribution in [3.05, 3.63) is 23.9 Å². The van der Waals surface area contributed by atoms with Crippen LogP contribution < -0.4 is 4.90 Å². The molecule has 2 amide bonds. The third kappa shape index (κ3) is 3.02. The van der Waals surface area contributed by atoms with Crippen molar-refractivity contribution in [2.45, 2.75) is 25.9 Å². The molecule has 0 N–H and O–H groups in total. The molecule has 1 aliphatic heterocycles. The molecule has 0 radical (unpaired) electrons. The lowest BCUT2D eigenvalue weighted by atomic mass is 10.3. The van der Waals surface area contributed by atoms with Crippen molar-refractivity contribution in [2.75, 3.05) is 24.5 Å². The third-order valence-corrected chi connectivity index (χ3v) is 3.23. The van der Waals surface area contributed by atoms with Gasteiger partial charge in [0.2, 0.25) is 0 Å². The Bertz CT molecular complexity index is 473. The second-order valence-corrected chi connectivity index (χ2v) is 4.68. The highest BCUT2D eigenvalue weighted by Gasteiger charge is 2.33. The largest absolute Gasteiger partial charge is 0.417 e. The van der Waals surface area contributed by atoms with E-state index < -0.39 is 11.7 Å². The number of urea groups is 1. The van der Waals surface area contributed by atoms with Crippen molar-refractivity contribution < 1.29 is 18.0 Å². The lowest BCUT2D eigenvalue weighted by Gasteiger charge is -2.18. The minimum Gasteiger partial charge on any atom is -0.323 e. The minimum absolute atomic E-state index is 0.189. The van der Waals surface area contributed by atoms with Gasteiger partial charge in [-0.05, 0) is 18.6 Å². The number of unbranched alkanes of at least 4 members (excludes halogenated alkanes) is 1. The highest BCUT2D eigenvalue weighted by Crippen LogP contribution is 2.29. The number of carbonyl (C=O) groups is 1. The average molecular weight is 287 g/mol. The second kappa shape index (κ2) is 5.68. The fourth-order valence-electron chi connectivity index (χ4n) is 2.07. The highest BCUT2D eigenvalue weighted by molar-refractivity contribution is 5.93. The molecule has 7 heteroatoms. The normalized spacial score (nSPS) is 16.1. The number of pyridine rings is 1. The minimum atomic E-state index is -4.41. The molecule has 110 valence electrons. The maximum Gasteiger partial charge on any atom is 0.417 e. The van der Waals surface area contributed by atoms with Gasteiger partial charge in [-0.1, -0.05) is 13.3 Å². The van der Waals surface area contributed by atoms with Crippen LogP contribution in [0.3, 0.4) is 0 Å². The van der Waals surface area contributed by atoms with Gasteiger partial charge in [-0.2, -0.15) is 13.2 Å². The summed E-state index contributed by atoms with van der Waals surface area (Å²) in [4.78, 5) is 18.9. The summed E-state index contributed by atoms with van der Waals surface area (Å²) in [5.74, 6) is 0.266. The Hall–Kier alpha value is -1.79. The van der Waals surface area contributed by atoms with E-state index in [0.717, 1.165) is 25.1 Å². The van der Waals surface area contributed by atoms with Gasteiger partial charge in [-0.3, -0.25) is 4.90 Å². The predicted molar refractivity (Wildman–Crippen MR) is 68.5 cm³/mol. The summed E-state index contributed by atoms with van der Waals surface area (Å²) in [6.45, 7) is 3.75. The van der Waals surface area contributed by atoms with Crippen LogP contribution in [0.5, 0.6) is 0 Å². The van der Waals surface area contributed by atoms with Crippen LogP contribution >= 0.6 is 0 Å². The van der Waals surface area contributed by atoms with Crippen LogP contribution in [0.25, 0.3) is 0 Å². The van der Waals surface area contributed by atoms with Gasteiger partial charge in [0.15, 0.2) is 0 Å². The molecule has 0 saturated carbocycles. The summed E-state index contributed by atoms with van der Waals surface area (Å²) in [6, 6.07) is 2.00. The van der Waals surface area contributed by atoms with Crippen LogP contribution in [-0.2, 0) is 6.18 Å². The van der Waals surface area contributed by atoms with E-state index in [1.165, 1.54) is 11.0 Å². The number of halogens is 3. The first kappa shape index (κ1) is 14.6. The van der Waals surface area contributed by atoms with E-state index in [1.54, 1.807) is 4.90 Å². The van der Waals surface area contributed by atoms with E-state index in [-0.39, 0.29) is 11.8 Å². The Kier molecular flexibility index (Phi) is 4.15. The van der Waals surface area contributed by atoms with E-state index in [4.69, 9.17) is 0 Å². The number of hydrogen-bond acceptors (Lipinski definition) is 2. The molecule has 20 heavy (non-hydrogen) atoms. The summed E-state index contributed by atoms with van der Waals surface area (Å²) in [7, 11) is 0. The molecule has 1 aromatic heterocycles. The molecule has 1 fully saturated rings. The van der Waals surface area contributed by atoms with Gasteiger partial charge in [0.25, 0.3) is 0 Å². The summed E-state index contributed by atoms with van der Waals surface area (Å²) in [5, 5.41) is 0. The van der Waals surface area contributed by atoms with E-state index in [2.05, 4.69) is 4.98 Å². The summed E-state index contributed by atoms with van der Waals surface area (Å²) >= 11 is 0. The van der Waals surface area contributed by atoms with Crippen LogP contribution in [0.4, 0.5) is 23.8 Å². The predicted octanol–water partition coefficient (Wildman–Crippen LogP) is 3.14. The van der Waals surface area contributed by atoms with Crippen LogP contribution in [0.2, 0.25) is 0 Å².